The van der Waals surface area contributed by atoms with E-state index in [0.717, 1.165) is 29.0 Å². The second-order valence-corrected chi connectivity index (χ2v) is 12.4. The van der Waals surface area contributed by atoms with Crippen LogP contribution in [-0.4, -0.2) is 20.8 Å². The predicted molar refractivity (Wildman–Crippen MR) is 176 cm³/mol. The van der Waals surface area contributed by atoms with E-state index in [1.54, 1.807) is 36.4 Å². The molecule has 0 saturated carbocycles. The van der Waals surface area contributed by atoms with E-state index >= 15 is 0 Å². The van der Waals surface area contributed by atoms with E-state index in [4.69, 9.17) is 20.8 Å². The number of nitro benzene ring substituents is 1. The molecule has 0 fully saturated rings. The maximum atomic E-state index is 13.7. The van der Waals surface area contributed by atoms with Gasteiger partial charge >= 0.3 is 5.69 Å². The molecule has 214 valence electrons. The van der Waals surface area contributed by atoms with Gasteiger partial charge < -0.3 is 9.15 Å². The Kier molecular flexibility index (Phi) is 8.19. The highest BCUT2D eigenvalue weighted by atomic mass is 79.9. The van der Waals surface area contributed by atoms with Gasteiger partial charge in [-0.2, -0.15) is 9.78 Å². The summed E-state index contributed by atoms with van der Waals surface area (Å²) in [5, 5.41) is 17.7. The van der Waals surface area contributed by atoms with Crippen LogP contribution in [0, 0.1) is 10.1 Å². The van der Waals surface area contributed by atoms with Gasteiger partial charge in [-0.1, -0.05) is 77.6 Å². The molecule has 0 saturated heterocycles. The normalized spacial score (nSPS) is 11.5. The number of nitro groups is 1. The van der Waals surface area contributed by atoms with Crippen molar-refractivity contribution in [3.8, 4) is 17.3 Å². The van der Waals surface area contributed by atoms with Crippen molar-refractivity contribution < 1.29 is 14.1 Å². The summed E-state index contributed by atoms with van der Waals surface area (Å²) in [5.74, 6) is 0.386. The van der Waals surface area contributed by atoms with Crippen molar-refractivity contribution in [3.05, 3.63) is 129 Å². The molecule has 0 aliphatic rings. The number of benzene rings is 4. The third-order valence-electron chi connectivity index (χ3n) is 6.41. The predicted octanol–water partition coefficient (Wildman–Crippen LogP) is 9.12. The number of hydrogen-bond acceptors (Lipinski definition) is 7. The summed E-state index contributed by atoms with van der Waals surface area (Å²) in [6.07, 6.45) is 1.28. The summed E-state index contributed by atoms with van der Waals surface area (Å²) in [6, 6.07) is 22.3. The molecule has 0 amide bonds. The summed E-state index contributed by atoms with van der Waals surface area (Å²) < 4.78 is 15.6. The van der Waals surface area contributed by atoms with Gasteiger partial charge in [0.05, 0.1) is 22.0 Å². The Morgan fingerprint density at radius 3 is 2.58 bits per heavy atom. The second-order valence-electron chi connectivity index (χ2n) is 9.23. The van der Waals surface area contributed by atoms with Crippen molar-refractivity contribution in [1.29, 1.82) is 0 Å². The SMILES string of the molecule is O=c1c2ccccc2nc(-c2cc3cc(Br)ccc3o2)n1N=Cc1cc(Cl)cc([N+](=O)[O-])c1OCc1ccc(Br)cc1Br. The minimum absolute atomic E-state index is 0.00838. The second kappa shape index (κ2) is 12.0. The van der Waals surface area contributed by atoms with E-state index in [1.807, 2.05) is 30.3 Å². The van der Waals surface area contributed by atoms with E-state index in [-0.39, 0.29) is 34.5 Å². The van der Waals surface area contributed by atoms with Crippen molar-refractivity contribution in [2.24, 2.45) is 5.10 Å². The van der Waals surface area contributed by atoms with Crippen molar-refractivity contribution in [2.75, 3.05) is 0 Å². The molecule has 0 aliphatic carbocycles. The Bertz CT molecular complexity index is 2160. The zero-order chi connectivity index (χ0) is 30.2. The van der Waals surface area contributed by atoms with Crippen molar-refractivity contribution in [3.63, 3.8) is 0 Å². The molecule has 0 atom stereocenters. The van der Waals surface area contributed by atoms with Gasteiger partial charge in [0.15, 0.2) is 5.76 Å². The third kappa shape index (κ3) is 6.00. The molecule has 0 radical (unpaired) electrons. The minimum atomic E-state index is -0.586. The molecule has 0 bridgehead atoms. The number of halogens is 4. The first-order valence-electron chi connectivity index (χ1n) is 12.5. The fourth-order valence-corrected chi connectivity index (χ4v) is 6.17. The largest absolute Gasteiger partial charge is 0.481 e. The molecule has 0 aliphatic heterocycles. The van der Waals surface area contributed by atoms with Crippen LogP contribution >= 0.6 is 59.4 Å². The van der Waals surface area contributed by atoms with Crippen LogP contribution in [0.4, 0.5) is 5.69 Å². The van der Waals surface area contributed by atoms with Gasteiger partial charge in [-0.15, -0.1) is 0 Å². The summed E-state index contributed by atoms with van der Waals surface area (Å²) in [5.41, 5.74) is 1.18. The first-order chi connectivity index (χ1) is 20.7. The van der Waals surface area contributed by atoms with Gasteiger partial charge in [-0.05, 0) is 54.6 Å². The highest BCUT2D eigenvalue weighted by Crippen LogP contribution is 2.35. The Labute approximate surface area is 273 Å². The number of rotatable bonds is 7. The molecule has 0 spiro atoms. The van der Waals surface area contributed by atoms with Gasteiger partial charge in [0.2, 0.25) is 11.6 Å². The van der Waals surface area contributed by atoms with Crippen LogP contribution < -0.4 is 10.3 Å². The minimum Gasteiger partial charge on any atom is -0.481 e. The van der Waals surface area contributed by atoms with Crippen LogP contribution in [0.3, 0.4) is 0 Å². The zero-order valence-electron chi connectivity index (χ0n) is 21.6. The Morgan fingerprint density at radius 2 is 1.79 bits per heavy atom. The lowest BCUT2D eigenvalue weighted by atomic mass is 10.2. The lowest BCUT2D eigenvalue weighted by Crippen LogP contribution is -2.20. The zero-order valence-corrected chi connectivity index (χ0v) is 27.1. The number of hydrogen-bond donors (Lipinski definition) is 0. The molecule has 2 aromatic heterocycles. The Hall–Kier alpha value is -3.84. The summed E-state index contributed by atoms with van der Waals surface area (Å²) in [4.78, 5) is 29.8. The van der Waals surface area contributed by atoms with E-state index in [9.17, 15) is 14.9 Å². The number of nitrogens with zero attached hydrogens (tertiary/aromatic N) is 4. The van der Waals surface area contributed by atoms with Gasteiger partial charge in [-0.25, -0.2) is 4.98 Å². The van der Waals surface area contributed by atoms with E-state index in [0.29, 0.717) is 22.2 Å². The van der Waals surface area contributed by atoms with E-state index in [2.05, 4.69) is 57.9 Å². The molecule has 4 aromatic carbocycles. The summed E-state index contributed by atoms with van der Waals surface area (Å²) in [7, 11) is 0. The first kappa shape index (κ1) is 29.2. The molecular weight excluding hydrogens is 772 g/mol. The fraction of sp³-hybridized carbons (Fsp3) is 0.0333. The maximum Gasteiger partial charge on any atom is 0.313 e. The summed E-state index contributed by atoms with van der Waals surface area (Å²) >= 11 is 16.6. The Morgan fingerprint density at radius 1 is 1.02 bits per heavy atom. The highest BCUT2D eigenvalue weighted by Gasteiger charge is 2.22. The highest BCUT2D eigenvalue weighted by molar-refractivity contribution is 9.11. The molecule has 6 rings (SSSR count). The van der Waals surface area contributed by atoms with Crippen LogP contribution in [0.1, 0.15) is 11.1 Å². The number of furan rings is 1. The monoisotopic (exact) mass is 784 g/mol. The fourth-order valence-electron chi connectivity index (χ4n) is 4.41. The van der Waals surface area contributed by atoms with Crippen molar-refractivity contribution >= 4 is 93.2 Å². The number of para-hydroxylation sites is 1. The van der Waals surface area contributed by atoms with Crippen LogP contribution in [0.2, 0.25) is 5.02 Å². The molecule has 43 heavy (non-hydrogen) atoms. The van der Waals surface area contributed by atoms with E-state index < -0.39 is 10.5 Å². The topological polar surface area (TPSA) is 113 Å². The standard InChI is InChI=1S/C30H16Br3ClN4O5/c31-19-7-8-26-17(9-19)11-27(43-26)29-36-24-4-2-1-3-22(24)30(39)37(29)35-14-18-10-21(34)13-25(38(40)41)28(18)42-15-16-5-6-20(32)12-23(16)33/h1-14H,15H2. The van der Waals surface area contributed by atoms with Gasteiger partial charge in [-0.3, -0.25) is 14.9 Å². The lowest BCUT2D eigenvalue weighted by molar-refractivity contribution is -0.385. The van der Waals surface area contributed by atoms with Crippen molar-refractivity contribution in [2.45, 2.75) is 6.61 Å². The molecule has 0 N–H and O–H groups in total. The molecule has 9 nitrogen and oxygen atoms in total. The van der Waals surface area contributed by atoms with Gasteiger partial charge in [0, 0.05) is 41.0 Å². The van der Waals surface area contributed by atoms with Gasteiger partial charge in [0.25, 0.3) is 5.56 Å². The molecule has 2 heterocycles. The number of fused-ring (bicyclic) bond motifs is 2. The third-order valence-corrected chi connectivity index (χ3v) is 8.35. The number of aromatic nitrogens is 2. The molecular formula is C30H16Br3ClN4O5. The molecule has 13 heteroatoms. The van der Waals surface area contributed by atoms with Crippen molar-refractivity contribution in [1.82, 2.24) is 9.66 Å². The van der Waals surface area contributed by atoms with Crippen LogP contribution in [0.25, 0.3) is 33.5 Å². The van der Waals surface area contributed by atoms with E-state index in [1.165, 1.54) is 18.3 Å². The number of ether oxygens (including phenoxy) is 1. The lowest BCUT2D eigenvalue weighted by Gasteiger charge is -2.12. The quantitative estimate of drug-likeness (QED) is 0.0907. The Balaban J connectivity index is 1.49. The van der Waals surface area contributed by atoms with Crippen LogP contribution in [0.5, 0.6) is 5.75 Å². The van der Waals surface area contributed by atoms with Crippen LogP contribution in [0.15, 0.2) is 107 Å². The summed E-state index contributed by atoms with van der Waals surface area (Å²) in [6.45, 7) is 0.00838. The maximum absolute atomic E-state index is 13.7. The molecule has 0 unspecified atom stereocenters. The van der Waals surface area contributed by atoms with Crippen LogP contribution in [-0.2, 0) is 6.61 Å². The smallest absolute Gasteiger partial charge is 0.313 e. The average molecular weight is 788 g/mol. The molecule has 6 aromatic rings. The average Bonchev–Trinajstić information content (AvgIpc) is 3.39. The van der Waals surface area contributed by atoms with Gasteiger partial charge in [0.1, 0.15) is 12.2 Å². The first-order valence-corrected chi connectivity index (χ1v) is 15.2.